The quantitative estimate of drug-likeness (QED) is 0.910. The van der Waals surface area contributed by atoms with Gasteiger partial charge in [-0.05, 0) is 25.0 Å². The highest BCUT2D eigenvalue weighted by Gasteiger charge is 2.24. The second-order valence-electron chi connectivity index (χ2n) is 5.03. The molecule has 1 saturated heterocycles. The van der Waals surface area contributed by atoms with Gasteiger partial charge in [0.1, 0.15) is 5.65 Å². The number of pyridine rings is 1. The maximum absolute atomic E-state index is 11.6. The molecule has 5 nitrogen and oxygen atoms in total. The smallest absolute Gasteiger partial charge is 0.151 e. The molecule has 6 heteroatoms. The molecule has 1 aliphatic heterocycles. The Kier molecular flexibility index (Phi) is 3.28. The molecule has 102 valence electrons. The Hall–Kier alpha value is -1.40. The molecule has 3 rings (SSSR count). The zero-order chi connectivity index (χ0) is 13.3. The predicted molar refractivity (Wildman–Crippen MR) is 73.7 cm³/mol. The van der Waals surface area contributed by atoms with E-state index in [2.05, 4.69) is 10.3 Å². The Morgan fingerprint density at radius 1 is 1.42 bits per heavy atom. The van der Waals surface area contributed by atoms with Gasteiger partial charge in [-0.3, -0.25) is 0 Å². The molecule has 0 radical (unpaired) electrons. The summed E-state index contributed by atoms with van der Waals surface area (Å²) in [5.41, 5.74) is 1.85. The van der Waals surface area contributed by atoms with E-state index in [1.54, 1.807) is 0 Å². The molecular formula is C13H17N3O2S. The van der Waals surface area contributed by atoms with Gasteiger partial charge in [0.05, 0.1) is 17.2 Å². The van der Waals surface area contributed by atoms with E-state index in [4.69, 9.17) is 0 Å². The van der Waals surface area contributed by atoms with Crippen LogP contribution in [0.15, 0.2) is 30.6 Å². The fraction of sp³-hybridized carbons (Fsp3) is 0.462. The minimum absolute atomic E-state index is 0.0589. The molecular weight excluding hydrogens is 262 g/mol. The molecule has 0 spiro atoms. The van der Waals surface area contributed by atoms with Crippen LogP contribution >= 0.6 is 0 Å². The summed E-state index contributed by atoms with van der Waals surface area (Å²) >= 11 is 0. The van der Waals surface area contributed by atoms with Crippen molar-refractivity contribution in [1.82, 2.24) is 14.7 Å². The van der Waals surface area contributed by atoms with Gasteiger partial charge in [-0.25, -0.2) is 13.4 Å². The van der Waals surface area contributed by atoms with Gasteiger partial charge < -0.3 is 9.72 Å². The van der Waals surface area contributed by atoms with E-state index in [0.717, 1.165) is 24.2 Å². The van der Waals surface area contributed by atoms with Gasteiger partial charge >= 0.3 is 0 Å². The van der Waals surface area contributed by atoms with Crippen LogP contribution < -0.4 is 5.32 Å². The Labute approximate surface area is 112 Å². The van der Waals surface area contributed by atoms with Crippen LogP contribution in [0.25, 0.3) is 5.65 Å². The van der Waals surface area contributed by atoms with Crippen LogP contribution in [0.2, 0.25) is 0 Å². The summed E-state index contributed by atoms with van der Waals surface area (Å²) < 4.78 is 25.1. The van der Waals surface area contributed by atoms with Crippen LogP contribution in [0.3, 0.4) is 0 Å². The lowest BCUT2D eigenvalue weighted by Gasteiger charge is -2.22. The molecule has 2 aromatic heterocycles. The van der Waals surface area contributed by atoms with Crippen LogP contribution in [0.1, 0.15) is 18.5 Å². The third-order valence-corrected chi connectivity index (χ3v) is 5.27. The highest BCUT2D eigenvalue weighted by Crippen LogP contribution is 2.13. The van der Waals surface area contributed by atoms with Gasteiger partial charge in [-0.1, -0.05) is 6.07 Å². The molecule has 1 N–H and O–H groups in total. The van der Waals surface area contributed by atoms with Crippen molar-refractivity contribution in [1.29, 1.82) is 0 Å². The number of imidazole rings is 1. The summed E-state index contributed by atoms with van der Waals surface area (Å²) in [6, 6.07) is 5.92. The maximum Gasteiger partial charge on any atom is 0.151 e. The van der Waals surface area contributed by atoms with Crippen LogP contribution in [0, 0.1) is 0 Å². The number of fused-ring (bicyclic) bond motifs is 1. The Morgan fingerprint density at radius 3 is 3.11 bits per heavy atom. The molecule has 0 amide bonds. The number of sulfone groups is 1. The van der Waals surface area contributed by atoms with Gasteiger partial charge in [0, 0.05) is 25.0 Å². The van der Waals surface area contributed by atoms with Gasteiger partial charge in [0.15, 0.2) is 9.84 Å². The minimum Gasteiger partial charge on any atom is -0.307 e. The van der Waals surface area contributed by atoms with E-state index in [0.29, 0.717) is 12.3 Å². The normalized spacial score (nSPS) is 22.6. The highest BCUT2D eigenvalue weighted by atomic mass is 32.2. The van der Waals surface area contributed by atoms with E-state index in [9.17, 15) is 8.42 Å². The number of nitrogens with zero attached hydrogens (tertiary/aromatic N) is 2. The SMILES string of the molecule is O=S1(=O)CCCC(NCc2cn3ccccc3n2)C1. The average Bonchev–Trinajstić information content (AvgIpc) is 2.78. The largest absolute Gasteiger partial charge is 0.307 e. The maximum atomic E-state index is 11.6. The summed E-state index contributed by atoms with van der Waals surface area (Å²) in [7, 11) is -2.85. The first-order valence-corrected chi connectivity index (χ1v) is 8.31. The lowest BCUT2D eigenvalue weighted by Crippen LogP contribution is -2.39. The fourth-order valence-corrected chi connectivity index (χ4v) is 4.18. The molecule has 1 aliphatic rings. The number of nitrogens with one attached hydrogen (secondary N) is 1. The molecule has 1 fully saturated rings. The number of hydrogen-bond acceptors (Lipinski definition) is 4. The van der Waals surface area contributed by atoms with Crippen molar-refractivity contribution in [2.45, 2.75) is 25.4 Å². The molecule has 0 aromatic carbocycles. The summed E-state index contributed by atoms with van der Waals surface area (Å²) in [5, 5.41) is 3.30. The minimum atomic E-state index is -2.85. The van der Waals surface area contributed by atoms with Crippen molar-refractivity contribution in [3.05, 3.63) is 36.3 Å². The first-order chi connectivity index (χ1) is 9.12. The first kappa shape index (κ1) is 12.6. The molecule has 2 aromatic rings. The predicted octanol–water partition coefficient (Wildman–Crippen LogP) is 1.00. The van der Waals surface area contributed by atoms with Crippen LogP contribution in [-0.2, 0) is 16.4 Å². The van der Waals surface area contributed by atoms with Gasteiger partial charge in [-0.15, -0.1) is 0 Å². The Balaban J connectivity index is 1.65. The van der Waals surface area contributed by atoms with Gasteiger partial charge in [-0.2, -0.15) is 0 Å². The van der Waals surface area contributed by atoms with E-state index in [1.165, 1.54) is 0 Å². The summed E-state index contributed by atoms with van der Waals surface area (Å²) in [5.74, 6) is 0.583. The third kappa shape index (κ3) is 2.96. The standard InChI is InChI=1S/C13H17N3O2S/c17-19(18)7-3-4-11(10-19)14-8-12-9-16-6-2-1-5-13(16)15-12/h1-2,5-6,9,11,14H,3-4,7-8,10H2. The zero-order valence-corrected chi connectivity index (χ0v) is 11.4. The topological polar surface area (TPSA) is 63.5 Å². The Morgan fingerprint density at radius 2 is 2.32 bits per heavy atom. The second kappa shape index (κ2) is 4.94. The third-order valence-electron chi connectivity index (χ3n) is 3.45. The van der Waals surface area contributed by atoms with E-state index >= 15 is 0 Å². The van der Waals surface area contributed by atoms with Crippen molar-refractivity contribution >= 4 is 15.5 Å². The molecule has 1 unspecified atom stereocenters. The Bertz CT molecular complexity index is 645. The van der Waals surface area contributed by atoms with E-state index < -0.39 is 9.84 Å². The van der Waals surface area contributed by atoms with Crippen LogP contribution in [0.5, 0.6) is 0 Å². The van der Waals surface area contributed by atoms with Crippen molar-refractivity contribution in [2.75, 3.05) is 11.5 Å². The molecule has 0 saturated carbocycles. The monoisotopic (exact) mass is 279 g/mol. The van der Waals surface area contributed by atoms with E-state index in [-0.39, 0.29) is 11.8 Å². The number of hydrogen-bond donors (Lipinski definition) is 1. The molecule has 0 aliphatic carbocycles. The lowest BCUT2D eigenvalue weighted by molar-refractivity contribution is 0.478. The van der Waals surface area contributed by atoms with E-state index in [1.807, 2.05) is 35.0 Å². The molecule has 3 heterocycles. The first-order valence-electron chi connectivity index (χ1n) is 6.49. The number of rotatable bonds is 3. The van der Waals surface area contributed by atoms with Crippen molar-refractivity contribution in [3.63, 3.8) is 0 Å². The lowest BCUT2D eigenvalue weighted by atomic mass is 10.2. The number of aromatic nitrogens is 2. The second-order valence-corrected chi connectivity index (χ2v) is 7.26. The van der Waals surface area contributed by atoms with Crippen LogP contribution in [0.4, 0.5) is 0 Å². The van der Waals surface area contributed by atoms with Gasteiger partial charge in [0.25, 0.3) is 0 Å². The molecule has 0 bridgehead atoms. The van der Waals surface area contributed by atoms with Gasteiger partial charge in [0.2, 0.25) is 0 Å². The average molecular weight is 279 g/mol. The summed E-state index contributed by atoms with van der Waals surface area (Å²) in [6.07, 6.45) is 5.61. The summed E-state index contributed by atoms with van der Waals surface area (Å²) in [4.78, 5) is 4.48. The van der Waals surface area contributed by atoms with Crippen molar-refractivity contribution < 1.29 is 8.42 Å². The fourth-order valence-electron chi connectivity index (χ4n) is 2.51. The highest BCUT2D eigenvalue weighted by molar-refractivity contribution is 7.91. The zero-order valence-electron chi connectivity index (χ0n) is 10.6. The van der Waals surface area contributed by atoms with Crippen molar-refractivity contribution in [2.24, 2.45) is 0 Å². The molecule has 19 heavy (non-hydrogen) atoms. The molecule has 1 atom stereocenters. The van der Waals surface area contributed by atoms with Crippen molar-refractivity contribution in [3.8, 4) is 0 Å². The summed E-state index contributed by atoms with van der Waals surface area (Å²) in [6.45, 7) is 0.613. The van der Waals surface area contributed by atoms with Crippen LogP contribution in [-0.4, -0.2) is 35.4 Å².